The van der Waals surface area contributed by atoms with Gasteiger partial charge in [-0.3, -0.25) is 4.79 Å². The van der Waals surface area contributed by atoms with Crippen LogP contribution in [-0.2, 0) is 19.5 Å². The number of nitrogens with zero attached hydrogens (tertiary/aromatic N) is 2. The van der Waals surface area contributed by atoms with Gasteiger partial charge in [0.2, 0.25) is 0 Å². The maximum atomic E-state index is 12.5. The Kier molecular flexibility index (Phi) is 3.33. The van der Waals surface area contributed by atoms with Gasteiger partial charge in [0.1, 0.15) is 5.75 Å². The molecule has 4 heteroatoms. The third kappa shape index (κ3) is 2.59. The molecule has 0 unspecified atom stereocenters. The number of rotatable bonds is 2. The highest BCUT2D eigenvalue weighted by Crippen LogP contribution is 2.27. The number of carbonyl (C=O) groups excluding carboxylic acids is 1. The van der Waals surface area contributed by atoms with Crippen LogP contribution in [0.2, 0.25) is 0 Å². The normalized spacial score (nSPS) is 12.8. The Bertz CT molecular complexity index is 747. The molecule has 0 saturated heterocycles. The van der Waals surface area contributed by atoms with Crippen molar-refractivity contribution in [2.75, 3.05) is 0 Å². The Labute approximate surface area is 122 Å². The first-order chi connectivity index (χ1) is 10.2. The summed E-state index contributed by atoms with van der Waals surface area (Å²) < 4.78 is 0. The van der Waals surface area contributed by atoms with E-state index in [-0.39, 0.29) is 11.7 Å². The van der Waals surface area contributed by atoms with Crippen LogP contribution in [0.15, 0.2) is 42.5 Å². The van der Waals surface area contributed by atoms with Gasteiger partial charge in [0.05, 0.1) is 12.5 Å². The summed E-state index contributed by atoms with van der Waals surface area (Å²) in [7, 11) is 0. The summed E-state index contributed by atoms with van der Waals surface area (Å²) in [6.45, 7) is 1.06. The fraction of sp³-hybridized carbons (Fsp3) is 0.176. The second kappa shape index (κ2) is 5.29. The van der Waals surface area contributed by atoms with Crippen molar-refractivity contribution in [2.24, 2.45) is 0 Å². The number of carbonyl (C=O) groups is 1. The molecule has 1 heterocycles. The second-order valence-electron chi connectivity index (χ2n) is 5.15. The SMILES string of the molecule is N#CCc1cccc(C(=O)N2Cc3ccc(O)cc3C2)c1. The van der Waals surface area contributed by atoms with Gasteiger partial charge < -0.3 is 10.0 Å². The summed E-state index contributed by atoms with van der Waals surface area (Å²) in [6.07, 6.45) is 0.301. The van der Waals surface area contributed by atoms with E-state index >= 15 is 0 Å². The van der Waals surface area contributed by atoms with E-state index < -0.39 is 0 Å². The lowest BCUT2D eigenvalue weighted by atomic mass is 10.1. The van der Waals surface area contributed by atoms with Crippen molar-refractivity contribution in [2.45, 2.75) is 19.5 Å². The molecule has 0 radical (unpaired) electrons. The number of hydrogen-bond acceptors (Lipinski definition) is 3. The lowest BCUT2D eigenvalue weighted by molar-refractivity contribution is 0.0751. The predicted octanol–water partition coefficient (Wildman–Crippen LogP) is 2.61. The number of aromatic hydroxyl groups is 1. The van der Waals surface area contributed by atoms with E-state index in [1.807, 2.05) is 12.1 Å². The van der Waals surface area contributed by atoms with Gasteiger partial charge in [-0.05, 0) is 41.0 Å². The number of benzene rings is 2. The van der Waals surface area contributed by atoms with Crippen LogP contribution >= 0.6 is 0 Å². The van der Waals surface area contributed by atoms with Crippen LogP contribution in [0, 0.1) is 11.3 Å². The molecular formula is C17H14N2O2. The number of hydrogen-bond donors (Lipinski definition) is 1. The molecule has 1 aliphatic rings. The zero-order valence-electron chi connectivity index (χ0n) is 11.4. The monoisotopic (exact) mass is 278 g/mol. The van der Waals surface area contributed by atoms with Crippen LogP contribution in [0.5, 0.6) is 5.75 Å². The van der Waals surface area contributed by atoms with Crippen LogP contribution < -0.4 is 0 Å². The summed E-state index contributed by atoms with van der Waals surface area (Å²) in [6, 6.07) is 14.5. The van der Waals surface area contributed by atoms with Gasteiger partial charge in [0, 0.05) is 18.7 Å². The summed E-state index contributed by atoms with van der Waals surface area (Å²) in [5.74, 6) is 0.171. The third-order valence-corrected chi connectivity index (χ3v) is 3.66. The Morgan fingerprint density at radius 2 is 2.00 bits per heavy atom. The van der Waals surface area contributed by atoms with Crippen molar-refractivity contribution in [1.29, 1.82) is 5.26 Å². The van der Waals surface area contributed by atoms with Crippen molar-refractivity contribution in [3.8, 4) is 11.8 Å². The molecule has 0 fully saturated rings. The molecule has 4 nitrogen and oxygen atoms in total. The smallest absolute Gasteiger partial charge is 0.254 e. The highest BCUT2D eigenvalue weighted by molar-refractivity contribution is 5.94. The zero-order valence-corrected chi connectivity index (χ0v) is 11.4. The van der Waals surface area contributed by atoms with Crippen LogP contribution in [-0.4, -0.2) is 15.9 Å². The molecule has 2 aromatic carbocycles. The van der Waals surface area contributed by atoms with Crippen LogP contribution in [0.25, 0.3) is 0 Å². The number of fused-ring (bicyclic) bond motifs is 1. The van der Waals surface area contributed by atoms with E-state index in [0.717, 1.165) is 16.7 Å². The highest BCUT2D eigenvalue weighted by Gasteiger charge is 2.24. The van der Waals surface area contributed by atoms with E-state index in [4.69, 9.17) is 5.26 Å². The maximum Gasteiger partial charge on any atom is 0.254 e. The summed E-state index contributed by atoms with van der Waals surface area (Å²) in [5.41, 5.74) is 3.49. The van der Waals surface area contributed by atoms with Gasteiger partial charge >= 0.3 is 0 Å². The minimum atomic E-state index is -0.0505. The molecule has 1 amide bonds. The molecule has 3 rings (SSSR count). The van der Waals surface area contributed by atoms with Crippen molar-refractivity contribution in [3.05, 3.63) is 64.7 Å². The van der Waals surface area contributed by atoms with E-state index in [0.29, 0.717) is 25.1 Å². The van der Waals surface area contributed by atoms with Crippen LogP contribution in [0.4, 0.5) is 0 Å². The minimum Gasteiger partial charge on any atom is -0.508 e. The van der Waals surface area contributed by atoms with Gasteiger partial charge in [-0.25, -0.2) is 0 Å². The average Bonchev–Trinajstić information content (AvgIpc) is 2.90. The van der Waals surface area contributed by atoms with E-state index in [1.54, 1.807) is 35.2 Å². The summed E-state index contributed by atoms with van der Waals surface area (Å²) >= 11 is 0. The molecule has 1 N–H and O–H groups in total. The fourth-order valence-corrected chi connectivity index (χ4v) is 2.61. The van der Waals surface area contributed by atoms with Gasteiger partial charge in [0.25, 0.3) is 5.91 Å². The van der Waals surface area contributed by atoms with Crippen LogP contribution in [0.1, 0.15) is 27.0 Å². The lowest BCUT2D eigenvalue weighted by Crippen LogP contribution is -2.25. The first kappa shape index (κ1) is 13.2. The third-order valence-electron chi connectivity index (χ3n) is 3.66. The number of nitriles is 1. The minimum absolute atomic E-state index is 0.0505. The topological polar surface area (TPSA) is 64.3 Å². The van der Waals surface area contributed by atoms with Crippen LogP contribution in [0.3, 0.4) is 0 Å². The van der Waals surface area contributed by atoms with Gasteiger partial charge in [-0.1, -0.05) is 18.2 Å². The van der Waals surface area contributed by atoms with Gasteiger partial charge in [-0.15, -0.1) is 0 Å². The number of amides is 1. The molecule has 104 valence electrons. The molecule has 1 aliphatic heterocycles. The standard InChI is InChI=1S/C17H14N2O2/c18-7-6-12-2-1-3-13(8-12)17(21)19-10-14-4-5-16(20)9-15(14)11-19/h1-5,8-9,20H,6,10-11H2. The maximum absolute atomic E-state index is 12.5. The quantitative estimate of drug-likeness (QED) is 0.918. The first-order valence-electron chi connectivity index (χ1n) is 6.73. The van der Waals surface area contributed by atoms with E-state index in [1.165, 1.54) is 0 Å². The predicted molar refractivity (Wildman–Crippen MR) is 77.4 cm³/mol. The lowest BCUT2D eigenvalue weighted by Gasteiger charge is -2.15. The zero-order chi connectivity index (χ0) is 14.8. The molecule has 0 bridgehead atoms. The second-order valence-corrected chi connectivity index (χ2v) is 5.15. The van der Waals surface area contributed by atoms with Crippen molar-refractivity contribution in [1.82, 2.24) is 4.90 Å². The number of phenolic OH excluding ortho intramolecular Hbond substituents is 1. The van der Waals surface area contributed by atoms with Crippen molar-refractivity contribution < 1.29 is 9.90 Å². The highest BCUT2D eigenvalue weighted by atomic mass is 16.3. The molecule has 0 aliphatic carbocycles. The molecule has 0 saturated carbocycles. The molecule has 0 aromatic heterocycles. The molecule has 2 aromatic rings. The Hall–Kier alpha value is -2.80. The van der Waals surface area contributed by atoms with E-state index in [9.17, 15) is 9.90 Å². The van der Waals surface area contributed by atoms with Gasteiger partial charge in [0.15, 0.2) is 0 Å². The van der Waals surface area contributed by atoms with Crippen molar-refractivity contribution >= 4 is 5.91 Å². The summed E-state index contributed by atoms with van der Waals surface area (Å²) in [4.78, 5) is 14.3. The Morgan fingerprint density at radius 1 is 1.19 bits per heavy atom. The Balaban J connectivity index is 1.82. The van der Waals surface area contributed by atoms with E-state index in [2.05, 4.69) is 6.07 Å². The largest absolute Gasteiger partial charge is 0.508 e. The first-order valence-corrected chi connectivity index (χ1v) is 6.73. The number of phenols is 1. The molecule has 0 spiro atoms. The average molecular weight is 278 g/mol. The van der Waals surface area contributed by atoms with Gasteiger partial charge in [-0.2, -0.15) is 5.26 Å². The summed E-state index contributed by atoms with van der Waals surface area (Å²) in [5, 5.41) is 18.2. The Morgan fingerprint density at radius 3 is 2.81 bits per heavy atom. The molecule has 0 atom stereocenters. The molecule has 21 heavy (non-hydrogen) atoms. The molecular weight excluding hydrogens is 264 g/mol. The van der Waals surface area contributed by atoms with Crippen molar-refractivity contribution in [3.63, 3.8) is 0 Å². The fourth-order valence-electron chi connectivity index (χ4n) is 2.61.